The predicted octanol–water partition coefficient (Wildman–Crippen LogP) is 0.523. The van der Waals surface area contributed by atoms with Gasteiger partial charge in [-0.25, -0.2) is 8.42 Å². The molecule has 7 heteroatoms. The van der Waals surface area contributed by atoms with Gasteiger partial charge in [0.25, 0.3) is 0 Å². The van der Waals surface area contributed by atoms with E-state index in [1.165, 1.54) is 6.92 Å². The third kappa shape index (κ3) is 4.81. The molecule has 1 N–H and O–H groups in total. The lowest BCUT2D eigenvalue weighted by Gasteiger charge is -2.33. The van der Waals surface area contributed by atoms with Crippen LogP contribution in [0.2, 0.25) is 0 Å². The SMILES string of the molecule is CC(C(=O)N1CCCC(CCC(=O)O)C1)S(C)(=O)=O. The lowest BCUT2D eigenvalue weighted by molar-refractivity contribution is -0.137. The van der Waals surface area contributed by atoms with E-state index >= 15 is 0 Å². The zero-order valence-electron chi connectivity index (χ0n) is 11.3. The van der Waals surface area contributed by atoms with Crippen molar-refractivity contribution < 1.29 is 23.1 Å². The molecule has 0 aromatic carbocycles. The van der Waals surface area contributed by atoms with Gasteiger partial charge in [-0.15, -0.1) is 0 Å². The highest BCUT2D eigenvalue weighted by Gasteiger charge is 2.31. The average molecular weight is 291 g/mol. The van der Waals surface area contributed by atoms with Crippen LogP contribution in [0.5, 0.6) is 0 Å². The Balaban J connectivity index is 2.59. The van der Waals surface area contributed by atoms with Crippen LogP contribution in [0.25, 0.3) is 0 Å². The number of likely N-dealkylation sites (tertiary alicyclic amines) is 1. The lowest BCUT2D eigenvalue weighted by atomic mass is 9.93. The number of hydrogen-bond donors (Lipinski definition) is 1. The highest BCUT2D eigenvalue weighted by Crippen LogP contribution is 2.22. The second-order valence-corrected chi connectivity index (χ2v) is 7.56. The molecule has 0 radical (unpaired) electrons. The van der Waals surface area contributed by atoms with E-state index in [-0.39, 0.29) is 18.2 Å². The van der Waals surface area contributed by atoms with Crippen molar-refractivity contribution >= 4 is 21.7 Å². The van der Waals surface area contributed by atoms with Crippen LogP contribution in [0.4, 0.5) is 0 Å². The number of piperidine rings is 1. The van der Waals surface area contributed by atoms with Gasteiger partial charge in [0.15, 0.2) is 9.84 Å². The molecule has 2 unspecified atom stereocenters. The fraction of sp³-hybridized carbons (Fsp3) is 0.833. The van der Waals surface area contributed by atoms with Crippen LogP contribution in [0.3, 0.4) is 0 Å². The van der Waals surface area contributed by atoms with Crippen LogP contribution >= 0.6 is 0 Å². The largest absolute Gasteiger partial charge is 0.481 e. The van der Waals surface area contributed by atoms with E-state index in [0.29, 0.717) is 19.5 Å². The molecule has 1 aliphatic heterocycles. The van der Waals surface area contributed by atoms with Gasteiger partial charge in [0.2, 0.25) is 5.91 Å². The van der Waals surface area contributed by atoms with Crippen LogP contribution in [0.1, 0.15) is 32.6 Å². The summed E-state index contributed by atoms with van der Waals surface area (Å²) in [6.45, 7) is 2.42. The summed E-state index contributed by atoms with van der Waals surface area (Å²) >= 11 is 0. The summed E-state index contributed by atoms with van der Waals surface area (Å²) in [7, 11) is -3.38. The first-order chi connectivity index (χ1) is 8.71. The molecule has 1 fully saturated rings. The molecule has 1 heterocycles. The maximum Gasteiger partial charge on any atom is 0.303 e. The number of rotatable bonds is 5. The highest BCUT2D eigenvalue weighted by atomic mass is 32.2. The summed E-state index contributed by atoms with van der Waals surface area (Å²) in [4.78, 5) is 24.2. The van der Waals surface area contributed by atoms with Crippen molar-refractivity contribution in [1.82, 2.24) is 4.90 Å². The van der Waals surface area contributed by atoms with Gasteiger partial charge in [-0.2, -0.15) is 0 Å². The monoisotopic (exact) mass is 291 g/mol. The molecule has 0 aliphatic carbocycles. The maximum absolute atomic E-state index is 12.1. The first kappa shape index (κ1) is 15.9. The van der Waals surface area contributed by atoms with Crippen molar-refractivity contribution in [3.8, 4) is 0 Å². The summed E-state index contributed by atoms with van der Waals surface area (Å²) in [5.41, 5.74) is 0. The molecule has 1 amide bonds. The van der Waals surface area contributed by atoms with E-state index in [1.807, 2.05) is 0 Å². The Bertz CT molecular complexity index is 445. The van der Waals surface area contributed by atoms with Crippen molar-refractivity contribution in [3.05, 3.63) is 0 Å². The van der Waals surface area contributed by atoms with Crippen molar-refractivity contribution in [2.45, 2.75) is 37.9 Å². The summed E-state index contributed by atoms with van der Waals surface area (Å²) in [5, 5.41) is 7.63. The first-order valence-electron chi connectivity index (χ1n) is 6.41. The van der Waals surface area contributed by atoms with Crippen molar-refractivity contribution in [2.24, 2.45) is 5.92 Å². The summed E-state index contributed by atoms with van der Waals surface area (Å²) in [5.74, 6) is -1.06. The normalized spacial score (nSPS) is 22.0. The average Bonchev–Trinajstić information content (AvgIpc) is 2.33. The summed E-state index contributed by atoms with van der Waals surface area (Å²) in [6, 6.07) is 0. The van der Waals surface area contributed by atoms with E-state index in [1.54, 1.807) is 4.90 Å². The topological polar surface area (TPSA) is 91.8 Å². The maximum atomic E-state index is 12.1. The van der Waals surface area contributed by atoms with Gasteiger partial charge in [0.05, 0.1) is 0 Å². The van der Waals surface area contributed by atoms with Crippen LogP contribution < -0.4 is 0 Å². The van der Waals surface area contributed by atoms with Gasteiger partial charge in [0.1, 0.15) is 5.25 Å². The molecule has 0 aromatic rings. The third-order valence-corrected chi connectivity index (χ3v) is 5.07. The molecule has 19 heavy (non-hydrogen) atoms. The number of hydrogen-bond acceptors (Lipinski definition) is 4. The fourth-order valence-electron chi connectivity index (χ4n) is 2.27. The zero-order chi connectivity index (χ0) is 14.6. The smallest absolute Gasteiger partial charge is 0.303 e. The fourth-order valence-corrected chi connectivity index (χ4v) is 2.78. The third-order valence-electron chi connectivity index (χ3n) is 3.59. The quantitative estimate of drug-likeness (QED) is 0.797. The van der Waals surface area contributed by atoms with E-state index < -0.39 is 21.1 Å². The highest BCUT2D eigenvalue weighted by molar-refractivity contribution is 7.92. The minimum atomic E-state index is -3.38. The Labute approximate surface area is 113 Å². The molecule has 6 nitrogen and oxygen atoms in total. The van der Waals surface area contributed by atoms with Gasteiger partial charge in [0, 0.05) is 25.8 Å². The van der Waals surface area contributed by atoms with E-state index in [4.69, 9.17) is 5.11 Å². The molecular formula is C12H21NO5S. The molecule has 0 spiro atoms. The molecular weight excluding hydrogens is 270 g/mol. The molecule has 2 atom stereocenters. The van der Waals surface area contributed by atoms with Gasteiger partial charge in [-0.3, -0.25) is 9.59 Å². The van der Waals surface area contributed by atoms with Gasteiger partial charge < -0.3 is 10.0 Å². The predicted molar refractivity (Wildman–Crippen MR) is 70.5 cm³/mol. The Morgan fingerprint density at radius 1 is 1.42 bits per heavy atom. The van der Waals surface area contributed by atoms with Crippen LogP contribution in [0, 0.1) is 5.92 Å². The molecule has 1 aliphatic rings. The van der Waals surface area contributed by atoms with Crippen molar-refractivity contribution in [2.75, 3.05) is 19.3 Å². The second kappa shape index (κ2) is 6.36. The standard InChI is InChI=1S/C12H21NO5S/c1-9(19(2,17)18)12(16)13-7-3-4-10(8-13)5-6-11(14)15/h9-10H,3-8H2,1-2H3,(H,14,15). The Morgan fingerprint density at radius 3 is 2.58 bits per heavy atom. The minimum Gasteiger partial charge on any atom is -0.481 e. The molecule has 0 bridgehead atoms. The van der Waals surface area contributed by atoms with E-state index in [0.717, 1.165) is 19.1 Å². The minimum absolute atomic E-state index is 0.0916. The van der Waals surface area contributed by atoms with Crippen LogP contribution in [-0.2, 0) is 19.4 Å². The molecule has 1 rings (SSSR count). The number of nitrogens with zero attached hydrogens (tertiary/aromatic N) is 1. The molecule has 0 saturated carbocycles. The summed E-state index contributed by atoms with van der Waals surface area (Å²) < 4.78 is 22.8. The first-order valence-corrected chi connectivity index (χ1v) is 8.36. The van der Waals surface area contributed by atoms with Gasteiger partial charge in [-0.05, 0) is 32.1 Å². The second-order valence-electron chi connectivity index (χ2n) is 5.20. The van der Waals surface area contributed by atoms with Crippen molar-refractivity contribution in [1.29, 1.82) is 0 Å². The Morgan fingerprint density at radius 2 is 2.05 bits per heavy atom. The summed E-state index contributed by atoms with van der Waals surface area (Å²) in [6.07, 6.45) is 3.37. The number of aliphatic carboxylic acids is 1. The van der Waals surface area contributed by atoms with E-state index in [2.05, 4.69) is 0 Å². The Kier molecular flexibility index (Phi) is 5.34. The number of carbonyl (C=O) groups excluding carboxylic acids is 1. The Hall–Kier alpha value is -1.11. The van der Waals surface area contributed by atoms with Crippen LogP contribution in [0.15, 0.2) is 0 Å². The number of carboxylic acids is 1. The number of carbonyl (C=O) groups is 2. The van der Waals surface area contributed by atoms with E-state index in [9.17, 15) is 18.0 Å². The number of amides is 1. The number of sulfone groups is 1. The molecule has 1 saturated heterocycles. The molecule has 0 aromatic heterocycles. The zero-order valence-corrected chi connectivity index (χ0v) is 12.1. The molecule has 110 valence electrons. The van der Waals surface area contributed by atoms with Gasteiger partial charge in [-0.1, -0.05) is 0 Å². The lowest BCUT2D eigenvalue weighted by Crippen LogP contribution is -2.46. The van der Waals surface area contributed by atoms with Crippen LogP contribution in [-0.4, -0.2) is 54.9 Å². The number of carboxylic acid groups (broad SMARTS) is 1. The van der Waals surface area contributed by atoms with Gasteiger partial charge >= 0.3 is 5.97 Å². The van der Waals surface area contributed by atoms with Crippen molar-refractivity contribution in [3.63, 3.8) is 0 Å².